The molecule has 0 radical (unpaired) electrons. The maximum Gasteiger partial charge on any atom is 0.0535 e. The van der Waals surface area contributed by atoms with Gasteiger partial charge in [0.1, 0.15) is 0 Å². The Bertz CT molecular complexity index is 275. The van der Waals surface area contributed by atoms with Crippen molar-refractivity contribution in [1.82, 2.24) is 5.32 Å². The molecule has 1 aromatic rings. The van der Waals surface area contributed by atoms with Crippen LogP contribution in [0.3, 0.4) is 0 Å². The molecule has 1 fully saturated rings. The van der Waals surface area contributed by atoms with Gasteiger partial charge in [0.05, 0.1) is 6.04 Å². The summed E-state index contributed by atoms with van der Waals surface area (Å²) in [4.78, 5) is 2.34. The zero-order chi connectivity index (χ0) is 11.3. The standard InChI is InChI=1S/C11H16N2.C2H6/c1-9-3-5-10(6-4-9)13(2)11-7-12-8-11;1-2/h3-6,11-12H,7-8H2,1-2H3;1-2H3. The highest BCUT2D eigenvalue weighted by molar-refractivity contribution is 5.48. The van der Waals surface area contributed by atoms with Gasteiger partial charge >= 0.3 is 0 Å². The van der Waals surface area contributed by atoms with Crippen molar-refractivity contribution in [1.29, 1.82) is 0 Å². The van der Waals surface area contributed by atoms with Gasteiger partial charge in [-0.05, 0) is 19.1 Å². The van der Waals surface area contributed by atoms with Crippen LogP contribution in [0.25, 0.3) is 0 Å². The Morgan fingerprint density at radius 2 is 1.67 bits per heavy atom. The van der Waals surface area contributed by atoms with E-state index in [0.717, 1.165) is 13.1 Å². The van der Waals surface area contributed by atoms with Crippen molar-refractivity contribution in [2.45, 2.75) is 26.8 Å². The molecule has 2 rings (SSSR count). The molecule has 0 aliphatic carbocycles. The van der Waals surface area contributed by atoms with Gasteiger partial charge in [0.2, 0.25) is 0 Å². The second-order valence-corrected chi connectivity index (χ2v) is 3.76. The summed E-state index contributed by atoms with van der Waals surface area (Å²) in [5.41, 5.74) is 2.64. The number of benzene rings is 1. The molecule has 0 atom stereocenters. The van der Waals surface area contributed by atoms with E-state index >= 15 is 0 Å². The van der Waals surface area contributed by atoms with Crippen LogP contribution in [0.15, 0.2) is 24.3 Å². The van der Waals surface area contributed by atoms with Gasteiger partial charge in [-0.1, -0.05) is 31.5 Å². The van der Waals surface area contributed by atoms with E-state index in [1.807, 2.05) is 13.8 Å². The highest BCUT2D eigenvalue weighted by Gasteiger charge is 2.21. The van der Waals surface area contributed by atoms with E-state index in [0.29, 0.717) is 6.04 Å². The van der Waals surface area contributed by atoms with E-state index in [9.17, 15) is 0 Å². The molecular weight excluding hydrogens is 184 g/mol. The molecule has 0 spiro atoms. The first-order chi connectivity index (χ1) is 7.27. The quantitative estimate of drug-likeness (QED) is 0.799. The summed E-state index contributed by atoms with van der Waals surface area (Å²) in [7, 11) is 2.16. The van der Waals surface area contributed by atoms with Crippen LogP contribution in [0.2, 0.25) is 0 Å². The van der Waals surface area contributed by atoms with Crippen LogP contribution >= 0.6 is 0 Å². The molecule has 2 nitrogen and oxygen atoms in total. The normalized spacial score (nSPS) is 14.9. The lowest BCUT2D eigenvalue weighted by molar-refractivity contribution is 0.429. The molecule has 84 valence electrons. The minimum Gasteiger partial charge on any atom is -0.369 e. The molecule has 0 amide bonds. The Morgan fingerprint density at radius 1 is 1.13 bits per heavy atom. The molecule has 0 aromatic heterocycles. The van der Waals surface area contributed by atoms with E-state index in [1.165, 1.54) is 11.3 Å². The summed E-state index contributed by atoms with van der Waals surface area (Å²) >= 11 is 0. The molecule has 1 aliphatic heterocycles. The molecule has 1 aromatic carbocycles. The van der Waals surface area contributed by atoms with Crippen LogP contribution in [0.1, 0.15) is 19.4 Å². The van der Waals surface area contributed by atoms with Gasteiger partial charge in [-0.15, -0.1) is 0 Å². The van der Waals surface area contributed by atoms with Gasteiger partial charge in [-0.2, -0.15) is 0 Å². The number of nitrogens with zero attached hydrogens (tertiary/aromatic N) is 1. The third-order valence-corrected chi connectivity index (χ3v) is 2.75. The molecule has 1 saturated heterocycles. The average Bonchev–Trinajstić information content (AvgIpc) is 2.19. The zero-order valence-electron chi connectivity index (χ0n) is 10.2. The Labute approximate surface area is 93.3 Å². The molecule has 0 bridgehead atoms. The summed E-state index contributed by atoms with van der Waals surface area (Å²) in [5.74, 6) is 0. The van der Waals surface area contributed by atoms with Crippen molar-refractivity contribution < 1.29 is 0 Å². The number of nitrogens with one attached hydrogen (secondary N) is 1. The number of likely N-dealkylation sites (N-methyl/N-ethyl adjacent to an activating group) is 1. The minimum absolute atomic E-state index is 0.683. The largest absolute Gasteiger partial charge is 0.369 e. The maximum atomic E-state index is 3.28. The number of hydrogen-bond donors (Lipinski definition) is 1. The van der Waals surface area contributed by atoms with Gasteiger partial charge in [-0.3, -0.25) is 0 Å². The lowest BCUT2D eigenvalue weighted by atomic mass is 10.1. The van der Waals surface area contributed by atoms with Crippen LogP contribution in [-0.2, 0) is 0 Å². The van der Waals surface area contributed by atoms with Crippen LogP contribution in [0.4, 0.5) is 5.69 Å². The van der Waals surface area contributed by atoms with Gasteiger partial charge in [0, 0.05) is 25.8 Å². The molecule has 0 saturated carbocycles. The smallest absolute Gasteiger partial charge is 0.0535 e. The molecular formula is C13H22N2. The molecule has 0 unspecified atom stereocenters. The highest BCUT2D eigenvalue weighted by atomic mass is 15.2. The first-order valence-electron chi connectivity index (χ1n) is 5.77. The van der Waals surface area contributed by atoms with Crippen molar-refractivity contribution in [3.63, 3.8) is 0 Å². The van der Waals surface area contributed by atoms with Crippen molar-refractivity contribution in [3.05, 3.63) is 29.8 Å². The van der Waals surface area contributed by atoms with Crippen molar-refractivity contribution in [2.24, 2.45) is 0 Å². The fourth-order valence-electron chi connectivity index (χ4n) is 1.54. The Hall–Kier alpha value is -1.02. The van der Waals surface area contributed by atoms with Crippen molar-refractivity contribution in [3.8, 4) is 0 Å². The van der Waals surface area contributed by atoms with Crippen molar-refractivity contribution in [2.75, 3.05) is 25.0 Å². The predicted molar refractivity (Wildman–Crippen MR) is 67.6 cm³/mol. The minimum atomic E-state index is 0.683. The van der Waals surface area contributed by atoms with Gasteiger partial charge in [-0.25, -0.2) is 0 Å². The van der Waals surface area contributed by atoms with Gasteiger partial charge in [0.15, 0.2) is 0 Å². The van der Waals surface area contributed by atoms with Crippen LogP contribution in [0.5, 0.6) is 0 Å². The van der Waals surface area contributed by atoms with E-state index in [4.69, 9.17) is 0 Å². The van der Waals surface area contributed by atoms with Crippen LogP contribution in [-0.4, -0.2) is 26.2 Å². The number of aryl methyl sites for hydroxylation is 1. The Morgan fingerprint density at radius 3 is 2.07 bits per heavy atom. The summed E-state index contributed by atoms with van der Waals surface area (Å²) in [6.45, 7) is 8.35. The predicted octanol–water partition coefficient (Wildman–Crippen LogP) is 2.43. The second kappa shape index (κ2) is 5.76. The summed E-state index contributed by atoms with van der Waals surface area (Å²) in [6, 6.07) is 9.39. The first-order valence-corrected chi connectivity index (χ1v) is 5.77. The van der Waals surface area contributed by atoms with Gasteiger partial charge in [0.25, 0.3) is 0 Å². The lowest BCUT2D eigenvalue weighted by Crippen LogP contribution is -2.56. The van der Waals surface area contributed by atoms with Crippen LogP contribution < -0.4 is 10.2 Å². The lowest BCUT2D eigenvalue weighted by Gasteiger charge is -2.37. The third-order valence-electron chi connectivity index (χ3n) is 2.75. The molecule has 1 heterocycles. The topological polar surface area (TPSA) is 15.3 Å². The number of anilines is 1. The van der Waals surface area contributed by atoms with E-state index < -0.39 is 0 Å². The molecule has 1 N–H and O–H groups in total. The van der Waals surface area contributed by atoms with Crippen LogP contribution in [0, 0.1) is 6.92 Å². The maximum absolute atomic E-state index is 3.28. The summed E-state index contributed by atoms with van der Waals surface area (Å²) in [6.07, 6.45) is 0. The molecule has 2 heteroatoms. The van der Waals surface area contributed by atoms with E-state index in [-0.39, 0.29) is 0 Å². The monoisotopic (exact) mass is 206 g/mol. The zero-order valence-corrected chi connectivity index (χ0v) is 10.2. The van der Waals surface area contributed by atoms with Crippen molar-refractivity contribution >= 4 is 5.69 Å². The van der Waals surface area contributed by atoms with E-state index in [1.54, 1.807) is 0 Å². The Balaban J connectivity index is 0.000000531. The summed E-state index contributed by atoms with van der Waals surface area (Å²) < 4.78 is 0. The first kappa shape index (κ1) is 12.1. The SMILES string of the molecule is CC.Cc1ccc(N(C)C2CNC2)cc1. The fraction of sp³-hybridized carbons (Fsp3) is 0.538. The van der Waals surface area contributed by atoms with E-state index in [2.05, 4.69) is 48.5 Å². The fourth-order valence-corrected chi connectivity index (χ4v) is 1.54. The average molecular weight is 206 g/mol. The molecule has 15 heavy (non-hydrogen) atoms. The second-order valence-electron chi connectivity index (χ2n) is 3.76. The Kier molecular flexibility index (Phi) is 4.63. The third kappa shape index (κ3) is 2.96. The molecule has 1 aliphatic rings. The number of rotatable bonds is 2. The van der Waals surface area contributed by atoms with Gasteiger partial charge < -0.3 is 10.2 Å². The summed E-state index contributed by atoms with van der Waals surface area (Å²) in [5, 5.41) is 3.28. The number of hydrogen-bond acceptors (Lipinski definition) is 2. The highest BCUT2D eigenvalue weighted by Crippen LogP contribution is 2.17.